The number of methoxy groups -OCH3 is 1. The SMILES string of the molecule is COc1ccc(NC(=O)c2cccc(N3C(=O)c4ccccc4C3=O)c2)cc1Cl. The molecule has 1 aliphatic heterocycles. The molecule has 1 N–H and O–H groups in total. The molecule has 3 amide bonds. The van der Waals surface area contributed by atoms with E-state index in [-0.39, 0.29) is 0 Å². The number of hydrogen-bond acceptors (Lipinski definition) is 4. The fourth-order valence-corrected chi connectivity index (χ4v) is 3.42. The van der Waals surface area contributed by atoms with E-state index in [1.54, 1.807) is 60.7 Å². The Bertz CT molecular complexity index is 1120. The van der Waals surface area contributed by atoms with Crippen molar-refractivity contribution in [1.82, 2.24) is 0 Å². The fourth-order valence-electron chi connectivity index (χ4n) is 3.16. The Morgan fingerprint density at radius 3 is 2.24 bits per heavy atom. The summed E-state index contributed by atoms with van der Waals surface area (Å²) in [5, 5.41) is 3.11. The van der Waals surface area contributed by atoms with E-state index in [9.17, 15) is 14.4 Å². The largest absolute Gasteiger partial charge is 0.495 e. The molecular formula is C22H15ClN2O4. The minimum absolute atomic E-state index is 0.297. The molecule has 7 heteroatoms. The molecule has 0 saturated heterocycles. The average Bonchev–Trinajstić information content (AvgIpc) is 2.99. The Morgan fingerprint density at radius 1 is 0.931 bits per heavy atom. The van der Waals surface area contributed by atoms with Crippen LogP contribution in [0.2, 0.25) is 5.02 Å². The molecule has 6 nitrogen and oxygen atoms in total. The first-order valence-electron chi connectivity index (χ1n) is 8.72. The Morgan fingerprint density at radius 2 is 1.62 bits per heavy atom. The zero-order valence-electron chi connectivity index (χ0n) is 15.3. The molecule has 4 rings (SSSR count). The second-order valence-corrected chi connectivity index (χ2v) is 6.75. The first-order valence-corrected chi connectivity index (χ1v) is 9.10. The van der Waals surface area contributed by atoms with Gasteiger partial charge in [-0.15, -0.1) is 0 Å². The van der Waals surface area contributed by atoms with E-state index in [0.29, 0.717) is 38.8 Å². The highest BCUT2D eigenvalue weighted by atomic mass is 35.5. The molecule has 0 atom stereocenters. The molecule has 0 saturated carbocycles. The van der Waals surface area contributed by atoms with Gasteiger partial charge in [-0.05, 0) is 48.5 Å². The number of imide groups is 1. The smallest absolute Gasteiger partial charge is 0.266 e. The summed E-state index contributed by atoms with van der Waals surface area (Å²) in [7, 11) is 1.50. The number of hydrogen-bond donors (Lipinski definition) is 1. The van der Waals surface area contributed by atoms with Gasteiger partial charge >= 0.3 is 0 Å². The lowest BCUT2D eigenvalue weighted by atomic mass is 10.1. The summed E-state index contributed by atoms with van der Waals surface area (Å²) < 4.78 is 5.10. The number of rotatable bonds is 4. The first kappa shape index (κ1) is 18.7. The molecular weight excluding hydrogens is 392 g/mol. The normalized spacial score (nSPS) is 12.7. The molecule has 0 unspecified atom stereocenters. The van der Waals surface area contributed by atoms with Crippen molar-refractivity contribution in [2.24, 2.45) is 0 Å². The summed E-state index contributed by atoms with van der Waals surface area (Å²) in [6, 6.07) is 17.9. The topological polar surface area (TPSA) is 75.7 Å². The van der Waals surface area contributed by atoms with E-state index in [1.807, 2.05) is 0 Å². The molecule has 3 aromatic carbocycles. The second kappa shape index (κ2) is 7.41. The maximum Gasteiger partial charge on any atom is 0.266 e. The summed E-state index contributed by atoms with van der Waals surface area (Å²) in [5.74, 6) is -0.725. The highest BCUT2D eigenvalue weighted by Gasteiger charge is 2.36. The number of nitrogens with zero attached hydrogens (tertiary/aromatic N) is 1. The lowest BCUT2D eigenvalue weighted by Gasteiger charge is -2.15. The van der Waals surface area contributed by atoms with Crippen LogP contribution in [0.25, 0.3) is 0 Å². The fraction of sp³-hybridized carbons (Fsp3) is 0.0455. The average molecular weight is 407 g/mol. The number of nitrogens with one attached hydrogen (secondary N) is 1. The van der Waals surface area contributed by atoms with Crippen molar-refractivity contribution in [3.8, 4) is 5.75 Å². The number of benzene rings is 3. The lowest BCUT2D eigenvalue weighted by Crippen LogP contribution is -2.29. The number of fused-ring (bicyclic) bond motifs is 1. The van der Waals surface area contributed by atoms with Crippen molar-refractivity contribution >= 4 is 40.7 Å². The molecule has 0 fully saturated rings. The molecule has 144 valence electrons. The van der Waals surface area contributed by atoms with E-state index in [4.69, 9.17) is 16.3 Å². The van der Waals surface area contributed by atoms with Crippen molar-refractivity contribution in [3.05, 3.63) is 88.4 Å². The number of carbonyl (C=O) groups excluding carboxylic acids is 3. The molecule has 1 heterocycles. The quantitative estimate of drug-likeness (QED) is 0.651. The first-order chi connectivity index (χ1) is 14.0. The van der Waals surface area contributed by atoms with E-state index >= 15 is 0 Å². The van der Waals surface area contributed by atoms with Crippen LogP contribution in [0.1, 0.15) is 31.1 Å². The third-order valence-electron chi connectivity index (χ3n) is 4.57. The van der Waals surface area contributed by atoms with Crippen molar-refractivity contribution in [2.45, 2.75) is 0 Å². The summed E-state index contributed by atoms with van der Waals surface area (Å²) in [6.07, 6.45) is 0. The second-order valence-electron chi connectivity index (χ2n) is 6.35. The number of ether oxygens (including phenoxy) is 1. The molecule has 0 aromatic heterocycles. The van der Waals surface area contributed by atoms with Gasteiger partial charge in [-0.25, -0.2) is 4.90 Å². The van der Waals surface area contributed by atoms with Gasteiger partial charge in [0.15, 0.2) is 0 Å². The van der Waals surface area contributed by atoms with Crippen molar-refractivity contribution in [1.29, 1.82) is 0 Å². The number of carbonyl (C=O) groups is 3. The number of halogens is 1. The van der Waals surface area contributed by atoms with E-state index in [0.717, 1.165) is 4.90 Å². The van der Waals surface area contributed by atoms with Gasteiger partial charge in [-0.2, -0.15) is 0 Å². The van der Waals surface area contributed by atoms with Crippen molar-refractivity contribution < 1.29 is 19.1 Å². The third kappa shape index (κ3) is 3.34. The molecule has 0 spiro atoms. The van der Waals surface area contributed by atoms with Gasteiger partial charge in [0, 0.05) is 11.3 Å². The minimum Gasteiger partial charge on any atom is -0.495 e. The van der Waals surface area contributed by atoms with Crippen LogP contribution < -0.4 is 15.0 Å². The number of amides is 3. The predicted molar refractivity (Wildman–Crippen MR) is 110 cm³/mol. The molecule has 0 bridgehead atoms. The Hall–Kier alpha value is -3.64. The van der Waals surface area contributed by atoms with Crippen molar-refractivity contribution in [3.63, 3.8) is 0 Å². The predicted octanol–water partition coefficient (Wildman–Crippen LogP) is 4.40. The monoisotopic (exact) mass is 406 g/mol. The van der Waals surface area contributed by atoms with Gasteiger partial charge in [0.1, 0.15) is 5.75 Å². The summed E-state index contributed by atoms with van der Waals surface area (Å²) in [4.78, 5) is 39.0. The summed E-state index contributed by atoms with van der Waals surface area (Å²) in [5.41, 5.74) is 1.81. The van der Waals surface area contributed by atoms with E-state index < -0.39 is 17.7 Å². The Balaban J connectivity index is 1.60. The van der Waals surface area contributed by atoms with Crippen LogP contribution in [0.4, 0.5) is 11.4 Å². The summed E-state index contributed by atoms with van der Waals surface area (Å²) >= 11 is 6.09. The molecule has 3 aromatic rings. The highest BCUT2D eigenvalue weighted by molar-refractivity contribution is 6.34. The molecule has 1 aliphatic rings. The van der Waals surface area contributed by atoms with Gasteiger partial charge in [-0.1, -0.05) is 29.8 Å². The molecule has 29 heavy (non-hydrogen) atoms. The van der Waals surface area contributed by atoms with Gasteiger partial charge in [0.25, 0.3) is 17.7 Å². The van der Waals surface area contributed by atoms with Gasteiger partial charge < -0.3 is 10.1 Å². The van der Waals surface area contributed by atoms with Crippen molar-refractivity contribution in [2.75, 3.05) is 17.3 Å². The highest BCUT2D eigenvalue weighted by Crippen LogP contribution is 2.30. The van der Waals surface area contributed by atoms with Crippen LogP contribution in [0.5, 0.6) is 5.75 Å². The van der Waals surface area contributed by atoms with Crippen LogP contribution >= 0.6 is 11.6 Å². The van der Waals surface area contributed by atoms with Crippen LogP contribution in [-0.4, -0.2) is 24.8 Å². The van der Waals surface area contributed by atoms with E-state index in [2.05, 4.69) is 5.32 Å². The van der Waals surface area contributed by atoms with Crippen LogP contribution in [0, 0.1) is 0 Å². The maximum absolute atomic E-state index is 12.7. The molecule has 0 aliphatic carbocycles. The zero-order valence-corrected chi connectivity index (χ0v) is 16.1. The maximum atomic E-state index is 12.7. The minimum atomic E-state index is -0.412. The Kier molecular flexibility index (Phi) is 4.78. The number of anilines is 2. The van der Waals surface area contributed by atoms with Gasteiger partial charge in [0.05, 0.1) is 28.9 Å². The molecule has 0 radical (unpaired) electrons. The third-order valence-corrected chi connectivity index (χ3v) is 4.87. The summed E-state index contributed by atoms with van der Waals surface area (Å²) in [6.45, 7) is 0. The van der Waals surface area contributed by atoms with Gasteiger partial charge in [0.2, 0.25) is 0 Å². The lowest BCUT2D eigenvalue weighted by molar-refractivity contribution is 0.0924. The standard InChI is InChI=1S/C22H15ClN2O4/c1-29-19-10-9-14(12-18(19)23)24-20(26)13-5-4-6-15(11-13)25-21(27)16-7-2-3-8-17(16)22(25)28/h2-12H,1H3,(H,24,26). The van der Waals surface area contributed by atoms with E-state index in [1.165, 1.54) is 13.2 Å². The Labute approximate surface area is 171 Å². The van der Waals surface area contributed by atoms with Crippen LogP contribution in [0.3, 0.4) is 0 Å². The van der Waals surface area contributed by atoms with Crippen LogP contribution in [0.15, 0.2) is 66.7 Å². The van der Waals surface area contributed by atoms with Gasteiger partial charge in [-0.3, -0.25) is 14.4 Å². The zero-order chi connectivity index (χ0) is 20.5. The van der Waals surface area contributed by atoms with Crippen LogP contribution in [-0.2, 0) is 0 Å².